The van der Waals surface area contributed by atoms with E-state index in [0.29, 0.717) is 19.4 Å². The molecule has 7 unspecified atom stereocenters. The molecule has 0 bridgehead atoms. The molecule has 1 aliphatic rings. The lowest BCUT2D eigenvalue weighted by atomic mass is 9.99. The van der Waals surface area contributed by atoms with Crippen LogP contribution in [0, 0.1) is 0 Å². The van der Waals surface area contributed by atoms with Crippen LogP contribution in [0.4, 0.5) is 0 Å². The van der Waals surface area contributed by atoms with Crippen molar-refractivity contribution in [3.8, 4) is 0 Å². The molecule has 6 N–H and O–H groups in total. The van der Waals surface area contributed by atoms with E-state index in [1.54, 1.807) is 6.08 Å². The average Bonchev–Trinajstić information content (AvgIpc) is 1.17. The molecule has 1 saturated heterocycles. The summed E-state index contributed by atoms with van der Waals surface area (Å²) in [6.07, 6.45) is 80.0. The van der Waals surface area contributed by atoms with E-state index in [1.165, 1.54) is 289 Å². The number of nitrogens with one attached hydrogen (secondary N) is 1. The van der Waals surface area contributed by atoms with Gasteiger partial charge in [0.15, 0.2) is 6.29 Å². The molecule has 0 aromatic heterocycles. The summed E-state index contributed by atoms with van der Waals surface area (Å²) in [7, 11) is 0. The van der Waals surface area contributed by atoms with Gasteiger partial charge in [-0.1, -0.05) is 332 Å². The zero-order valence-electron chi connectivity index (χ0n) is 58.9. The third-order valence-corrected chi connectivity index (χ3v) is 18.4. The fraction of sp³-hybridized carbons (Fsp3) is 0.873. The molecular formula is C79H147NO10. The maximum absolute atomic E-state index is 13.1. The topological polar surface area (TPSA) is 175 Å². The quantitative estimate of drug-likeness (QED) is 0.0195. The summed E-state index contributed by atoms with van der Waals surface area (Å²) in [4.78, 5) is 25.1. The first-order valence-electron chi connectivity index (χ1n) is 38.9. The Bertz CT molecular complexity index is 1630. The van der Waals surface area contributed by atoms with Gasteiger partial charge in [0.1, 0.15) is 24.4 Å². The number of carbonyl (C=O) groups excluding carboxylic acids is 2. The van der Waals surface area contributed by atoms with Crippen molar-refractivity contribution in [3.63, 3.8) is 0 Å². The van der Waals surface area contributed by atoms with Gasteiger partial charge in [-0.2, -0.15) is 0 Å². The van der Waals surface area contributed by atoms with E-state index in [4.69, 9.17) is 14.2 Å². The van der Waals surface area contributed by atoms with Crippen LogP contribution in [0.25, 0.3) is 0 Å². The number of unbranched alkanes of at least 4 members (excludes halogenated alkanes) is 49. The molecule has 7 atom stereocenters. The van der Waals surface area contributed by atoms with Gasteiger partial charge in [-0.05, 0) is 83.5 Å². The van der Waals surface area contributed by atoms with Crippen LogP contribution in [0.15, 0.2) is 48.6 Å². The molecule has 0 aliphatic carbocycles. The SMILES string of the molecule is CCCCCC/C=C/CC/C=C/CC/C=C/C(O)C(COC1OC(CO)C(O)C(O)C1O)NC(=O)CCCCCCCCCCCCCCCCCCC/C=C\CCCCCCCCCCCCCCCCCCOC(=O)CCCCCCCCCCCCC. The zero-order valence-corrected chi connectivity index (χ0v) is 58.9. The molecule has 1 fully saturated rings. The summed E-state index contributed by atoms with van der Waals surface area (Å²) < 4.78 is 16.7. The Labute approximate surface area is 555 Å². The second-order valence-electron chi connectivity index (χ2n) is 27.0. The van der Waals surface area contributed by atoms with E-state index in [1.807, 2.05) is 6.08 Å². The van der Waals surface area contributed by atoms with Gasteiger partial charge in [-0.15, -0.1) is 0 Å². The fourth-order valence-corrected chi connectivity index (χ4v) is 12.3. The summed E-state index contributed by atoms with van der Waals surface area (Å²) in [6.45, 7) is 4.34. The Morgan fingerprint density at radius 3 is 1.11 bits per heavy atom. The van der Waals surface area contributed by atoms with Gasteiger partial charge in [0.25, 0.3) is 0 Å². The van der Waals surface area contributed by atoms with Crippen LogP contribution >= 0.6 is 0 Å². The summed E-state index contributed by atoms with van der Waals surface area (Å²) in [5.41, 5.74) is 0. The highest BCUT2D eigenvalue weighted by Gasteiger charge is 2.44. The number of ether oxygens (including phenoxy) is 3. The smallest absolute Gasteiger partial charge is 0.305 e. The second kappa shape index (κ2) is 68.0. The molecule has 1 amide bonds. The van der Waals surface area contributed by atoms with Gasteiger partial charge in [0.05, 0.1) is 32.0 Å². The van der Waals surface area contributed by atoms with Crippen LogP contribution in [-0.4, -0.2) is 100 Å². The highest BCUT2D eigenvalue weighted by molar-refractivity contribution is 5.76. The second-order valence-corrected chi connectivity index (χ2v) is 27.0. The standard InChI is InChI=1S/C79H147NO10/c1-3-5-7-9-11-13-15-16-42-46-49-53-57-61-65-72(82)71(70-89-79-78(87)77(86)76(85)73(69-81)90-79)80-74(83)66-62-58-54-50-47-43-40-38-36-34-32-30-28-26-24-22-20-18-17-19-21-23-25-27-29-31-33-35-37-39-41-44-48-52-56-60-64-68-88-75(84)67-63-59-55-51-45-14-12-10-8-6-4-2/h13,15,17,19,46,49,61,65,71-73,76-79,81-82,85-87H,3-12,14,16,18,20-45,47-48,50-60,62-64,66-70H2,1-2H3,(H,80,83)/b15-13+,19-17-,49-46+,65-61+. The molecule has 528 valence electrons. The molecule has 11 heteroatoms. The lowest BCUT2D eigenvalue weighted by Crippen LogP contribution is -2.60. The number of hydrogen-bond acceptors (Lipinski definition) is 10. The number of carbonyl (C=O) groups is 2. The van der Waals surface area contributed by atoms with Gasteiger partial charge in [-0.25, -0.2) is 0 Å². The van der Waals surface area contributed by atoms with Crippen LogP contribution in [0.1, 0.15) is 380 Å². The maximum atomic E-state index is 13.1. The Morgan fingerprint density at radius 2 is 0.722 bits per heavy atom. The zero-order chi connectivity index (χ0) is 65.1. The molecule has 0 aromatic carbocycles. The van der Waals surface area contributed by atoms with E-state index >= 15 is 0 Å². The molecule has 90 heavy (non-hydrogen) atoms. The number of aliphatic hydroxyl groups excluding tert-OH is 5. The van der Waals surface area contributed by atoms with Crippen LogP contribution < -0.4 is 5.32 Å². The van der Waals surface area contributed by atoms with E-state index in [9.17, 15) is 35.1 Å². The minimum atomic E-state index is -1.58. The summed E-state index contributed by atoms with van der Waals surface area (Å²) in [5, 5.41) is 54.5. The monoisotopic (exact) mass is 1270 g/mol. The van der Waals surface area contributed by atoms with E-state index in [2.05, 4.69) is 55.6 Å². The Morgan fingerprint density at radius 1 is 0.400 bits per heavy atom. The van der Waals surface area contributed by atoms with Gasteiger partial charge in [0.2, 0.25) is 5.91 Å². The first-order valence-corrected chi connectivity index (χ1v) is 38.9. The van der Waals surface area contributed by atoms with Crippen molar-refractivity contribution in [1.82, 2.24) is 5.32 Å². The van der Waals surface area contributed by atoms with E-state index in [-0.39, 0.29) is 18.5 Å². The summed E-state index contributed by atoms with van der Waals surface area (Å²) in [5.74, 6) is -0.176. The van der Waals surface area contributed by atoms with Crippen molar-refractivity contribution >= 4 is 11.9 Å². The molecule has 0 spiro atoms. The van der Waals surface area contributed by atoms with Gasteiger partial charge < -0.3 is 45.1 Å². The lowest BCUT2D eigenvalue weighted by molar-refractivity contribution is -0.302. The molecule has 1 rings (SSSR count). The minimum Gasteiger partial charge on any atom is -0.466 e. The highest BCUT2D eigenvalue weighted by atomic mass is 16.7. The molecule has 1 aliphatic heterocycles. The van der Waals surface area contributed by atoms with Crippen molar-refractivity contribution < 1.29 is 49.3 Å². The number of esters is 1. The van der Waals surface area contributed by atoms with Crippen molar-refractivity contribution in [3.05, 3.63) is 48.6 Å². The molecular weight excluding hydrogens is 1120 g/mol. The van der Waals surface area contributed by atoms with Gasteiger partial charge in [-0.3, -0.25) is 9.59 Å². The third-order valence-electron chi connectivity index (χ3n) is 18.4. The first-order chi connectivity index (χ1) is 44.2. The van der Waals surface area contributed by atoms with Crippen molar-refractivity contribution in [2.75, 3.05) is 19.8 Å². The van der Waals surface area contributed by atoms with E-state index in [0.717, 1.165) is 64.2 Å². The maximum Gasteiger partial charge on any atom is 0.305 e. The number of aliphatic hydroxyl groups is 5. The minimum absolute atomic E-state index is 0.0150. The predicted molar refractivity (Wildman–Crippen MR) is 380 cm³/mol. The van der Waals surface area contributed by atoms with Crippen LogP contribution in [-0.2, 0) is 23.8 Å². The number of amides is 1. The molecule has 0 radical (unpaired) electrons. The van der Waals surface area contributed by atoms with Crippen molar-refractivity contribution in [2.45, 2.75) is 423 Å². The Kier molecular flexibility index (Phi) is 64.7. The first kappa shape index (κ1) is 85.6. The van der Waals surface area contributed by atoms with Crippen LogP contribution in [0.3, 0.4) is 0 Å². The van der Waals surface area contributed by atoms with Crippen LogP contribution in [0.2, 0.25) is 0 Å². The number of hydrogen-bond donors (Lipinski definition) is 6. The Hall–Kier alpha value is -2.38. The molecule has 11 nitrogen and oxygen atoms in total. The average molecular weight is 1270 g/mol. The predicted octanol–water partition coefficient (Wildman–Crippen LogP) is 20.7. The van der Waals surface area contributed by atoms with Gasteiger partial charge in [0, 0.05) is 12.8 Å². The van der Waals surface area contributed by atoms with Gasteiger partial charge >= 0.3 is 5.97 Å². The molecule has 0 saturated carbocycles. The number of allylic oxidation sites excluding steroid dienone is 7. The fourth-order valence-electron chi connectivity index (χ4n) is 12.3. The van der Waals surface area contributed by atoms with Crippen LogP contribution in [0.5, 0.6) is 0 Å². The highest BCUT2D eigenvalue weighted by Crippen LogP contribution is 2.24. The van der Waals surface area contributed by atoms with E-state index < -0.39 is 49.5 Å². The summed E-state index contributed by atoms with van der Waals surface area (Å²) in [6, 6.07) is -0.832. The third kappa shape index (κ3) is 56.0. The largest absolute Gasteiger partial charge is 0.466 e. The molecule has 1 heterocycles. The normalized spacial score (nSPS) is 17.9. The lowest BCUT2D eigenvalue weighted by Gasteiger charge is -2.40. The number of rotatable bonds is 69. The van der Waals surface area contributed by atoms with Crippen molar-refractivity contribution in [2.24, 2.45) is 0 Å². The van der Waals surface area contributed by atoms with Crippen molar-refractivity contribution in [1.29, 1.82) is 0 Å². The summed E-state index contributed by atoms with van der Waals surface area (Å²) >= 11 is 0. The molecule has 0 aromatic rings. The Balaban J connectivity index is 1.93.